The molecule has 4 fully saturated rings. The van der Waals surface area contributed by atoms with Crippen LogP contribution in [-0.2, 0) is 36.0 Å². The number of halogens is 14. The Bertz CT molecular complexity index is 5470. The fourth-order valence-electron chi connectivity index (χ4n) is 12.6. The number of carbonyl (C=O) groups is 8. The summed E-state index contributed by atoms with van der Waals surface area (Å²) >= 11 is 29.9. The van der Waals surface area contributed by atoms with E-state index in [-0.39, 0.29) is 102 Å². The summed E-state index contributed by atoms with van der Waals surface area (Å²) < 4.78 is 134. The number of ketones is 1. The Balaban J connectivity index is 0.000000174. The quantitative estimate of drug-likeness (QED) is 0.0572. The van der Waals surface area contributed by atoms with Crippen molar-refractivity contribution in [3.05, 3.63) is 173 Å². The largest absolute Gasteiger partial charge is 0.444 e. The fraction of sp³-hybridized carbons (Fsp3) is 0.437. The molecule has 3 atom stereocenters. The van der Waals surface area contributed by atoms with Crippen LogP contribution >= 0.6 is 78.3 Å². The molecule has 0 radical (unpaired) electrons. The molecule has 0 aliphatic carbocycles. The van der Waals surface area contributed by atoms with E-state index in [0.717, 1.165) is 19.3 Å². The number of hydrogen-bond acceptors (Lipinski definition) is 25. The molecule has 0 bridgehead atoms. The number of primary amides is 1. The minimum Gasteiger partial charge on any atom is -0.444 e. The number of aromatic nitrogens is 10. The van der Waals surface area contributed by atoms with E-state index >= 15 is 17.6 Å². The van der Waals surface area contributed by atoms with E-state index in [1.54, 1.807) is 74.6 Å². The Morgan fingerprint density at radius 3 is 1.26 bits per heavy atom. The predicted octanol–water partition coefficient (Wildman–Crippen LogP) is 9.48. The number of aromatic amines is 1. The molecule has 652 valence electrons. The SMILES string of the molecule is CC(C)(C)OC(=O)N1CCC(F)(F)C(=O)C1.CC(C)(C)OC(=O)N1CCC(F)(F)C2(C1)NC(=O)c1c(Cl)cc(Br)c(=O)n12.CC(C)(C)OC(=O)N1CCC(F)(F)C2(C1)NC(=O)c1c(Cl)cc(Nc3ccncn3)c(=O)n12.NC(=O)c1[nH]c(=O)c(Br)cc1Cl.Nc1ccncn1.O=C1NC2(CNCCC2(F)F)n2c1c(Cl)cc(Nc1ccncn1)c2=O. The van der Waals surface area contributed by atoms with Gasteiger partial charge >= 0.3 is 24.2 Å². The molecule has 7 aromatic rings. The maximum absolute atomic E-state index is 15.4. The Hall–Kier alpha value is -10.7. The van der Waals surface area contributed by atoms with Crippen molar-refractivity contribution in [3.8, 4) is 0 Å². The van der Waals surface area contributed by atoms with E-state index in [9.17, 15) is 75.1 Å². The second-order valence-corrected chi connectivity index (χ2v) is 33.6. The van der Waals surface area contributed by atoms with Gasteiger partial charge in [0.2, 0.25) is 17.1 Å². The zero-order chi connectivity index (χ0) is 90.0. The standard InChI is InChI=1S/C20H21ClF2N6O4.C16H17BrClF2N3O4.C15H13ClF2N6O2.C10H15F2NO3.C6H4BrClN2O2.C4H5N3/c1-18(2,3)33-17(32)28-7-5-19(22,23)20(9-28)27-15(30)14-11(21)8-12(16(31)29(14)20)26-13-4-6-24-10-25-13;1-14(2,3)27-13(26)22-5-4-15(19,20)16(7-22)21-11(24)10-9(18)6-8(17)12(25)23(10)16;16-8-5-9(22-10-1-3-20-7-21-10)13(26)24-11(8)12(25)23-15(24)6-19-4-2-14(15,17)18;1-9(2,3)16-8(15)13-5-4-10(11,12)7(14)6-13;7-2-1-3(8)4(5(9)11)10-6(2)12;5-4-1-2-6-3-7-4/h4,6,8,10H,5,7,9H2,1-3H3,(H,27,30)(H,24,25,26);6H,4-5,7H2,1-3H3,(H,21,24);1,3,5,7,19H,2,4,6H2,(H,23,25)(H,20,21,22);4-6H2,1-3H3;1H,(H2,9,11)(H,10,12);1-3H,(H2,5,6,7). The molecule has 7 aromatic heterocycles. The van der Waals surface area contributed by atoms with Gasteiger partial charge in [-0.1, -0.05) is 46.4 Å². The highest BCUT2D eigenvalue weighted by atomic mass is 79.9. The van der Waals surface area contributed by atoms with Crippen molar-refractivity contribution < 1.29 is 87.7 Å². The lowest BCUT2D eigenvalue weighted by Crippen LogP contribution is -2.69. The second kappa shape index (κ2) is 35.8. The minimum absolute atomic E-state index is 0.0707. The van der Waals surface area contributed by atoms with Crippen molar-refractivity contribution in [1.82, 2.24) is 84.6 Å². The number of nitrogens with zero attached hydrogens (tertiary/aromatic N) is 12. The van der Waals surface area contributed by atoms with Crippen LogP contribution in [-0.4, -0.2) is 204 Å². The van der Waals surface area contributed by atoms with Crippen molar-refractivity contribution in [1.29, 1.82) is 0 Å². The molecule has 36 nitrogen and oxygen atoms in total. The molecule has 0 saturated carbocycles. The van der Waals surface area contributed by atoms with Crippen molar-refractivity contribution in [2.75, 3.05) is 68.7 Å². The van der Waals surface area contributed by atoms with E-state index in [0.29, 0.717) is 15.0 Å². The summed E-state index contributed by atoms with van der Waals surface area (Å²) in [6.07, 6.45) is 3.28. The smallest absolute Gasteiger partial charge is 0.410 e. The predicted molar refractivity (Wildman–Crippen MR) is 426 cm³/mol. The van der Waals surface area contributed by atoms with Crippen LogP contribution in [0, 0.1) is 0 Å². The summed E-state index contributed by atoms with van der Waals surface area (Å²) in [7, 11) is 0. The normalized spacial score (nSPS) is 20.5. The number of anilines is 5. The number of pyridine rings is 4. The molecule has 121 heavy (non-hydrogen) atoms. The number of amides is 7. The number of likely N-dealkylation sites (tertiary alicyclic amines) is 3. The maximum atomic E-state index is 15.4. The van der Waals surface area contributed by atoms with Gasteiger partial charge in [0.25, 0.3) is 63.6 Å². The third-order valence-electron chi connectivity index (χ3n) is 18.1. The van der Waals surface area contributed by atoms with Crippen molar-refractivity contribution >= 4 is 155 Å². The summed E-state index contributed by atoms with van der Waals surface area (Å²) in [5.41, 5.74) is -3.87. The summed E-state index contributed by atoms with van der Waals surface area (Å²) in [5.74, 6) is -17.4. The van der Waals surface area contributed by atoms with Gasteiger partial charge in [-0.25, -0.2) is 70.6 Å². The summed E-state index contributed by atoms with van der Waals surface area (Å²) in [6.45, 7) is 12.0. The van der Waals surface area contributed by atoms with Crippen LogP contribution in [0.5, 0.6) is 0 Å². The number of piperidine rings is 4. The lowest BCUT2D eigenvalue weighted by Gasteiger charge is -2.46. The number of fused-ring (bicyclic) bond motifs is 6. The summed E-state index contributed by atoms with van der Waals surface area (Å²) in [6, 6.07) is 9.50. The molecule has 14 rings (SSSR count). The van der Waals surface area contributed by atoms with E-state index in [2.05, 4.69) is 98.6 Å². The van der Waals surface area contributed by atoms with Gasteiger partial charge in [-0.15, -0.1) is 0 Å². The molecular formula is C71H75Br2Cl4F8N21O15. The van der Waals surface area contributed by atoms with Crippen molar-refractivity contribution in [3.63, 3.8) is 0 Å². The first-order valence-electron chi connectivity index (χ1n) is 35.7. The first-order chi connectivity index (χ1) is 56.0. The van der Waals surface area contributed by atoms with Gasteiger partial charge in [-0.05, 0) is 137 Å². The van der Waals surface area contributed by atoms with Gasteiger partial charge in [0.05, 0.1) is 48.7 Å². The molecule has 4 saturated heterocycles. The highest BCUT2D eigenvalue weighted by Crippen LogP contribution is 2.48. The average Bonchev–Trinajstić information content (AvgIpc) is 1.57. The number of Topliss-reactive ketones (excluding diaryl/α,β-unsaturated/α-hetero) is 1. The van der Waals surface area contributed by atoms with Gasteiger partial charge < -0.3 is 77.3 Å². The van der Waals surface area contributed by atoms with Gasteiger partial charge in [0, 0.05) is 77.0 Å². The van der Waals surface area contributed by atoms with E-state index in [4.69, 9.17) is 72.1 Å². The van der Waals surface area contributed by atoms with Crippen LogP contribution in [0.15, 0.2) is 108 Å². The van der Waals surface area contributed by atoms with Gasteiger partial charge in [0.1, 0.15) is 87.4 Å². The number of rotatable bonds is 5. The lowest BCUT2D eigenvalue weighted by atomic mass is 9.93. The third-order valence-corrected chi connectivity index (χ3v) is 20.4. The van der Waals surface area contributed by atoms with Crippen LogP contribution in [0.25, 0.3) is 0 Å². The van der Waals surface area contributed by atoms with E-state index in [1.165, 1.54) is 67.8 Å². The van der Waals surface area contributed by atoms with Crippen LogP contribution in [0.1, 0.15) is 130 Å². The third kappa shape index (κ3) is 20.6. The number of hydrogen-bond donors (Lipinski definition) is 9. The maximum Gasteiger partial charge on any atom is 0.410 e. The molecule has 7 amide bonds. The first-order valence-corrected chi connectivity index (χ1v) is 38.8. The average molecular weight is 1920 g/mol. The fourth-order valence-corrected chi connectivity index (χ4v) is 14.7. The van der Waals surface area contributed by atoms with Gasteiger partial charge in [-0.3, -0.25) is 56.9 Å². The summed E-state index contributed by atoms with van der Waals surface area (Å²) in [4.78, 5) is 173. The van der Waals surface area contributed by atoms with Crippen molar-refractivity contribution in [2.45, 2.75) is 145 Å². The zero-order valence-corrected chi connectivity index (χ0v) is 71.1. The molecule has 3 spiro atoms. The number of nitrogens with two attached hydrogens (primary N) is 2. The zero-order valence-electron chi connectivity index (χ0n) is 64.9. The van der Waals surface area contributed by atoms with Crippen LogP contribution in [0.3, 0.4) is 0 Å². The number of alkyl halides is 8. The van der Waals surface area contributed by atoms with E-state index in [1.807, 2.05) is 0 Å². The highest BCUT2D eigenvalue weighted by Gasteiger charge is 2.67. The van der Waals surface area contributed by atoms with Crippen molar-refractivity contribution in [2.24, 2.45) is 5.73 Å². The summed E-state index contributed by atoms with van der Waals surface area (Å²) in [5, 5.41) is 14.6. The van der Waals surface area contributed by atoms with E-state index < -0.39 is 178 Å². The Labute approximate surface area is 716 Å². The molecular weight excluding hydrogens is 1840 g/mol. The minimum atomic E-state index is -3.58. The molecule has 3 unspecified atom stereocenters. The van der Waals surface area contributed by atoms with Gasteiger partial charge in [-0.2, -0.15) is 8.78 Å². The molecule has 7 aliphatic heterocycles. The van der Waals surface area contributed by atoms with Gasteiger partial charge in [0.15, 0.2) is 5.66 Å². The molecule has 50 heteroatoms. The number of ether oxygens (including phenoxy) is 3. The van der Waals surface area contributed by atoms with Crippen LogP contribution in [0.2, 0.25) is 20.1 Å². The Morgan fingerprint density at radius 1 is 0.504 bits per heavy atom. The molecule has 0 aromatic carbocycles. The first kappa shape index (κ1) is 94.2. The number of nitrogens with one attached hydrogen (secondary N) is 7. The molecule has 11 N–H and O–H groups in total. The monoisotopic (exact) mass is 1910 g/mol. The highest BCUT2D eigenvalue weighted by molar-refractivity contribution is 9.10. The molecule has 14 heterocycles. The molecule has 7 aliphatic rings. The lowest BCUT2D eigenvalue weighted by molar-refractivity contribution is -0.161. The van der Waals surface area contributed by atoms with Crippen LogP contribution < -0.4 is 65.6 Å². The second-order valence-electron chi connectivity index (χ2n) is 30.3. The number of nitrogen functional groups attached to an aromatic ring is 1. The Morgan fingerprint density at radius 2 is 0.884 bits per heavy atom. The Kier molecular flexibility index (Phi) is 27.9. The number of H-pyrrole nitrogens is 1. The number of carbonyl (C=O) groups excluding carboxylic acids is 8. The van der Waals surface area contributed by atoms with Crippen LogP contribution in [0.4, 0.5) is 78.3 Å². The topological polar surface area (TPSA) is 474 Å².